The van der Waals surface area contributed by atoms with Crippen LogP contribution in [0.25, 0.3) is 11.3 Å². The summed E-state index contributed by atoms with van der Waals surface area (Å²) < 4.78 is 27.9. The van der Waals surface area contributed by atoms with E-state index in [1.54, 1.807) is 30.3 Å². The van der Waals surface area contributed by atoms with Gasteiger partial charge in [0, 0.05) is 37.3 Å². The molecular formula is C23H20Cl2N4O4S. The van der Waals surface area contributed by atoms with Gasteiger partial charge in [0.15, 0.2) is 5.88 Å². The van der Waals surface area contributed by atoms with Crippen molar-refractivity contribution in [3.8, 4) is 17.1 Å². The largest absolute Gasteiger partial charge is 0.494 e. The number of nitrogens with zero attached hydrogens (tertiary/aromatic N) is 3. The first-order chi connectivity index (χ1) is 16.2. The van der Waals surface area contributed by atoms with Crippen molar-refractivity contribution >= 4 is 44.8 Å². The highest BCUT2D eigenvalue weighted by molar-refractivity contribution is 7.89. The number of aliphatic imine (C=N–C) groups is 1. The molecule has 1 aromatic heterocycles. The molecule has 5 rings (SSSR count). The zero-order valence-corrected chi connectivity index (χ0v) is 20.4. The lowest BCUT2D eigenvalue weighted by molar-refractivity contribution is 0.101. The van der Waals surface area contributed by atoms with Crippen LogP contribution in [-0.2, 0) is 10.0 Å². The van der Waals surface area contributed by atoms with E-state index in [0.29, 0.717) is 53.0 Å². The highest BCUT2D eigenvalue weighted by atomic mass is 35.5. The number of H-pyrrole nitrogens is 1. The van der Waals surface area contributed by atoms with E-state index in [4.69, 9.17) is 23.2 Å². The molecule has 0 unspecified atom stereocenters. The molecule has 1 saturated heterocycles. The quantitative estimate of drug-likeness (QED) is 0.548. The molecule has 0 aliphatic carbocycles. The summed E-state index contributed by atoms with van der Waals surface area (Å²) in [6, 6.07) is 11.1. The van der Waals surface area contributed by atoms with Gasteiger partial charge in [0.2, 0.25) is 10.0 Å². The van der Waals surface area contributed by atoms with Crippen LogP contribution in [0.1, 0.15) is 21.5 Å². The van der Waals surface area contributed by atoms with Crippen LogP contribution in [0, 0.1) is 0 Å². The molecule has 176 valence electrons. The second-order valence-electron chi connectivity index (χ2n) is 8.23. The third kappa shape index (κ3) is 3.83. The van der Waals surface area contributed by atoms with Gasteiger partial charge in [-0.1, -0.05) is 41.4 Å². The van der Waals surface area contributed by atoms with Gasteiger partial charge < -0.3 is 15.0 Å². The number of halogens is 2. The van der Waals surface area contributed by atoms with Crippen LogP contribution in [-0.4, -0.2) is 72.6 Å². The molecule has 11 heteroatoms. The molecule has 2 aliphatic rings. The van der Waals surface area contributed by atoms with Gasteiger partial charge in [-0.2, -0.15) is 4.31 Å². The number of sulfonamides is 1. The Morgan fingerprint density at radius 1 is 0.971 bits per heavy atom. The third-order valence-corrected chi connectivity index (χ3v) is 8.69. The minimum atomic E-state index is -3.71. The monoisotopic (exact) mass is 518 g/mol. The standard InChI is InChI=1S/C23H20Cl2N4O4S/c1-28-7-9-29(10-8-28)34(32,33)15-4-2-3-13(11-15)20-18-19(23(31)26-20)21(27-22(18)30)14-5-6-16(24)17(25)12-14/h2-6,11-12,26,31H,7-10H2,1H3. The zero-order chi connectivity index (χ0) is 24.2. The first kappa shape index (κ1) is 23.1. The minimum Gasteiger partial charge on any atom is -0.494 e. The van der Waals surface area contributed by atoms with E-state index in [9.17, 15) is 18.3 Å². The molecule has 0 radical (unpaired) electrons. The van der Waals surface area contributed by atoms with E-state index < -0.39 is 15.9 Å². The number of aromatic hydroxyl groups is 1. The molecule has 3 aromatic rings. The van der Waals surface area contributed by atoms with Crippen LogP contribution in [0.4, 0.5) is 0 Å². The number of carbonyl (C=O) groups is 1. The summed E-state index contributed by atoms with van der Waals surface area (Å²) in [6.07, 6.45) is 0. The number of piperazine rings is 1. The first-order valence-corrected chi connectivity index (χ1v) is 12.7. The summed E-state index contributed by atoms with van der Waals surface area (Å²) in [4.78, 5) is 22.0. The van der Waals surface area contributed by atoms with E-state index in [2.05, 4.69) is 14.9 Å². The maximum atomic E-state index is 13.2. The number of likely N-dealkylation sites (N-methyl/N-ethyl adjacent to an activating group) is 1. The highest BCUT2D eigenvalue weighted by Gasteiger charge is 2.34. The second-order valence-corrected chi connectivity index (χ2v) is 11.0. The summed E-state index contributed by atoms with van der Waals surface area (Å²) in [5.41, 5.74) is 1.95. The van der Waals surface area contributed by atoms with Crippen LogP contribution < -0.4 is 0 Å². The lowest BCUT2D eigenvalue weighted by Gasteiger charge is -2.31. The Kier molecular flexibility index (Phi) is 5.78. The molecule has 3 heterocycles. The summed E-state index contributed by atoms with van der Waals surface area (Å²) in [7, 11) is -1.76. The summed E-state index contributed by atoms with van der Waals surface area (Å²) in [5, 5.41) is 11.3. The van der Waals surface area contributed by atoms with Gasteiger partial charge in [-0.05, 0) is 31.3 Å². The Balaban J connectivity index is 1.55. The number of hydrogen-bond acceptors (Lipinski definition) is 5. The Labute approximate surface area is 206 Å². The number of benzene rings is 2. The topological polar surface area (TPSA) is 106 Å². The number of rotatable bonds is 4. The molecule has 0 saturated carbocycles. The average molecular weight is 519 g/mol. The van der Waals surface area contributed by atoms with E-state index in [0.717, 1.165) is 0 Å². The molecule has 8 nitrogen and oxygen atoms in total. The van der Waals surface area contributed by atoms with Crippen molar-refractivity contribution in [2.45, 2.75) is 4.90 Å². The van der Waals surface area contributed by atoms with Gasteiger partial charge in [0.05, 0.1) is 37.5 Å². The Morgan fingerprint density at radius 3 is 2.41 bits per heavy atom. The van der Waals surface area contributed by atoms with Crippen LogP contribution >= 0.6 is 23.2 Å². The van der Waals surface area contributed by atoms with Crippen molar-refractivity contribution in [1.29, 1.82) is 0 Å². The fourth-order valence-corrected chi connectivity index (χ4v) is 5.97. The Hall–Kier alpha value is -2.69. The molecular weight excluding hydrogens is 499 g/mol. The summed E-state index contributed by atoms with van der Waals surface area (Å²) >= 11 is 12.1. The van der Waals surface area contributed by atoms with Gasteiger partial charge in [-0.3, -0.25) is 4.79 Å². The first-order valence-electron chi connectivity index (χ1n) is 10.5. The molecule has 34 heavy (non-hydrogen) atoms. The number of hydrogen-bond donors (Lipinski definition) is 2. The van der Waals surface area contributed by atoms with E-state index >= 15 is 0 Å². The predicted molar refractivity (Wildman–Crippen MR) is 131 cm³/mol. The van der Waals surface area contributed by atoms with Crippen LogP contribution in [0.15, 0.2) is 52.4 Å². The Bertz CT molecular complexity index is 1460. The third-order valence-electron chi connectivity index (χ3n) is 6.06. The normalized spacial score (nSPS) is 17.1. The predicted octanol–water partition coefficient (Wildman–Crippen LogP) is 3.62. The molecule has 2 N–H and O–H groups in total. The van der Waals surface area contributed by atoms with E-state index in [1.807, 2.05) is 7.05 Å². The number of aromatic amines is 1. The molecule has 2 aromatic carbocycles. The molecule has 0 spiro atoms. The van der Waals surface area contributed by atoms with Gasteiger partial charge in [-0.25, -0.2) is 13.4 Å². The summed E-state index contributed by atoms with van der Waals surface area (Å²) in [6.45, 7) is 2.11. The molecule has 1 amide bonds. The van der Waals surface area contributed by atoms with Gasteiger partial charge >= 0.3 is 0 Å². The fraction of sp³-hybridized carbons (Fsp3) is 0.217. The molecule has 0 bridgehead atoms. The fourth-order valence-electron chi connectivity index (χ4n) is 4.20. The Morgan fingerprint density at radius 2 is 1.71 bits per heavy atom. The lowest BCUT2D eigenvalue weighted by Crippen LogP contribution is -2.47. The maximum Gasteiger partial charge on any atom is 0.280 e. The van der Waals surface area contributed by atoms with Crippen molar-refractivity contribution in [2.24, 2.45) is 4.99 Å². The number of carbonyl (C=O) groups excluding carboxylic acids is 1. The maximum absolute atomic E-state index is 13.2. The van der Waals surface area contributed by atoms with Gasteiger partial charge in [-0.15, -0.1) is 0 Å². The smallest absolute Gasteiger partial charge is 0.280 e. The average Bonchev–Trinajstić information content (AvgIpc) is 3.34. The summed E-state index contributed by atoms with van der Waals surface area (Å²) in [5.74, 6) is -0.789. The van der Waals surface area contributed by atoms with Crippen LogP contribution in [0.5, 0.6) is 5.88 Å². The van der Waals surface area contributed by atoms with Crippen molar-refractivity contribution in [1.82, 2.24) is 14.2 Å². The lowest BCUT2D eigenvalue weighted by atomic mass is 10.0. The number of amides is 1. The molecule has 1 fully saturated rings. The van der Waals surface area contributed by atoms with Crippen LogP contribution in [0.3, 0.4) is 0 Å². The van der Waals surface area contributed by atoms with Crippen molar-refractivity contribution in [2.75, 3.05) is 33.2 Å². The van der Waals surface area contributed by atoms with Crippen molar-refractivity contribution in [3.05, 3.63) is 69.2 Å². The molecule has 2 aliphatic heterocycles. The zero-order valence-electron chi connectivity index (χ0n) is 18.0. The number of aromatic nitrogens is 1. The van der Waals surface area contributed by atoms with E-state index in [-0.39, 0.29) is 27.6 Å². The SMILES string of the molecule is CN1CCN(S(=O)(=O)c2cccc(-c3[nH]c(O)c4c3C(=O)N=C4c3ccc(Cl)c(Cl)c3)c2)CC1. The second kappa shape index (κ2) is 8.51. The van der Waals surface area contributed by atoms with Gasteiger partial charge in [0.1, 0.15) is 0 Å². The van der Waals surface area contributed by atoms with Crippen molar-refractivity contribution < 1.29 is 18.3 Å². The number of fused-ring (bicyclic) bond motifs is 1. The van der Waals surface area contributed by atoms with Gasteiger partial charge in [0.25, 0.3) is 5.91 Å². The highest BCUT2D eigenvalue weighted by Crippen LogP contribution is 2.39. The van der Waals surface area contributed by atoms with Crippen molar-refractivity contribution in [3.63, 3.8) is 0 Å². The van der Waals surface area contributed by atoms with Crippen LogP contribution in [0.2, 0.25) is 10.0 Å². The molecule has 0 atom stereocenters. The minimum absolute atomic E-state index is 0.119. The number of nitrogens with one attached hydrogen (secondary N) is 1. The van der Waals surface area contributed by atoms with E-state index in [1.165, 1.54) is 16.4 Å².